The predicted octanol–water partition coefficient (Wildman–Crippen LogP) is 2.61. The van der Waals surface area contributed by atoms with Crippen LogP contribution in [0.2, 0.25) is 0 Å². The quantitative estimate of drug-likeness (QED) is 0.613. The van der Waals surface area contributed by atoms with Crippen LogP contribution >= 0.6 is 0 Å². The van der Waals surface area contributed by atoms with Crippen LogP contribution in [-0.4, -0.2) is 36.0 Å². The highest BCUT2D eigenvalue weighted by atomic mass is 16.3. The first kappa shape index (κ1) is 18.8. The van der Waals surface area contributed by atoms with Gasteiger partial charge in [-0.2, -0.15) is 0 Å². The first-order chi connectivity index (χ1) is 12.1. The van der Waals surface area contributed by atoms with Crippen LogP contribution in [0.4, 0.5) is 5.69 Å². The molecule has 0 fully saturated rings. The minimum Gasteiger partial charge on any atom is -0.395 e. The van der Waals surface area contributed by atoms with Crippen LogP contribution < -0.4 is 10.6 Å². The number of aliphatic hydroxyl groups is 1. The van der Waals surface area contributed by atoms with Crippen LogP contribution in [0.25, 0.3) is 0 Å². The number of hydrogen-bond acceptors (Lipinski definition) is 4. The van der Waals surface area contributed by atoms with Gasteiger partial charge in [-0.1, -0.05) is 43.7 Å². The summed E-state index contributed by atoms with van der Waals surface area (Å²) in [7, 11) is 0. The number of ketones is 1. The number of nitrogens with one attached hydrogen (secondary N) is 2. The second-order valence-corrected chi connectivity index (χ2v) is 5.87. The van der Waals surface area contributed by atoms with Crippen LogP contribution in [0.15, 0.2) is 54.6 Å². The van der Waals surface area contributed by atoms with Crippen LogP contribution in [0, 0.1) is 0 Å². The fraction of sp³-hybridized carbons (Fsp3) is 0.300. The van der Waals surface area contributed by atoms with Crippen molar-refractivity contribution >= 4 is 17.4 Å². The molecule has 132 valence electrons. The Hall–Kier alpha value is -2.50. The lowest BCUT2D eigenvalue weighted by Gasteiger charge is -2.15. The number of carbonyl (C=O) groups is 2. The number of carbonyl (C=O) groups excluding carboxylic acids is 2. The molecule has 0 radical (unpaired) electrons. The third kappa shape index (κ3) is 5.81. The van der Waals surface area contributed by atoms with Crippen LogP contribution in [0.1, 0.15) is 35.7 Å². The zero-order valence-corrected chi connectivity index (χ0v) is 14.4. The van der Waals surface area contributed by atoms with Crippen molar-refractivity contribution in [2.75, 3.05) is 18.5 Å². The Morgan fingerprint density at radius 1 is 1.00 bits per heavy atom. The van der Waals surface area contributed by atoms with E-state index in [9.17, 15) is 14.7 Å². The van der Waals surface area contributed by atoms with E-state index in [2.05, 4.69) is 10.6 Å². The van der Waals surface area contributed by atoms with Crippen molar-refractivity contribution in [2.45, 2.75) is 25.8 Å². The normalized spacial score (nSPS) is 11.8. The number of amides is 1. The average Bonchev–Trinajstić information content (AvgIpc) is 2.66. The Labute approximate surface area is 148 Å². The van der Waals surface area contributed by atoms with E-state index in [1.165, 1.54) is 0 Å². The lowest BCUT2D eigenvalue weighted by atomic mass is 10.0. The van der Waals surface area contributed by atoms with Crippen molar-refractivity contribution < 1.29 is 14.7 Å². The van der Waals surface area contributed by atoms with Crippen molar-refractivity contribution in [2.24, 2.45) is 0 Å². The van der Waals surface area contributed by atoms with E-state index < -0.39 is 0 Å². The molecule has 0 aliphatic heterocycles. The molecule has 3 N–H and O–H groups in total. The summed E-state index contributed by atoms with van der Waals surface area (Å²) in [4.78, 5) is 24.3. The topological polar surface area (TPSA) is 78.4 Å². The lowest BCUT2D eigenvalue weighted by Crippen LogP contribution is -2.38. The smallest absolute Gasteiger partial charge is 0.238 e. The summed E-state index contributed by atoms with van der Waals surface area (Å²) in [6.45, 7) is 2.18. The van der Waals surface area contributed by atoms with Crippen LogP contribution in [0.5, 0.6) is 0 Å². The Balaban J connectivity index is 1.89. The number of anilines is 1. The molecule has 2 rings (SSSR count). The largest absolute Gasteiger partial charge is 0.395 e. The van der Waals surface area contributed by atoms with E-state index in [1.54, 1.807) is 36.4 Å². The second-order valence-electron chi connectivity index (χ2n) is 5.87. The van der Waals surface area contributed by atoms with Gasteiger partial charge in [-0.3, -0.25) is 9.59 Å². The highest BCUT2D eigenvalue weighted by Gasteiger charge is 2.10. The Morgan fingerprint density at radius 2 is 1.64 bits per heavy atom. The van der Waals surface area contributed by atoms with Gasteiger partial charge in [0.25, 0.3) is 0 Å². The molecule has 0 bridgehead atoms. The molecule has 5 heteroatoms. The second kappa shape index (κ2) is 9.71. The molecule has 0 spiro atoms. The van der Waals surface area contributed by atoms with Crippen molar-refractivity contribution in [1.29, 1.82) is 0 Å². The molecule has 0 saturated heterocycles. The maximum atomic E-state index is 12.3. The van der Waals surface area contributed by atoms with E-state index >= 15 is 0 Å². The first-order valence-corrected chi connectivity index (χ1v) is 8.48. The molecule has 0 aromatic heterocycles. The van der Waals surface area contributed by atoms with E-state index in [1.807, 2.05) is 25.1 Å². The lowest BCUT2D eigenvalue weighted by molar-refractivity contribution is -0.115. The van der Waals surface area contributed by atoms with Gasteiger partial charge in [-0.15, -0.1) is 0 Å². The summed E-state index contributed by atoms with van der Waals surface area (Å²) < 4.78 is 0. The average molecular weight is 340 g/mol. The van der Waals surface area contributed by atoms with Gasteiger partial charge in [0.05, 0.1) is 13.2 Å². The summed E-state index contributed by atoms with van der Waals surface area (Å²) >= 11 is 0. The SMILES string of the molecule is CCC[C@H](CO)NCC(=O)Nc1ccc(C(=O)c2ccccc2)cc1. The van der Waals surface area contributed by atoms with Crippen molar-refractivity contribution in [1.82, 2.24) is 5.32 Å². The molecule has 5 nitrogen and oxygen atoms in total. The maximum Gasteiger partial charge on any atom is 0.238 e. The summed E-state index contributed by atoms with van der Waals surface area (Å²) in [6.07, 6.45) is 1.76. The Bertz CT molecular complexity index is 684. The summed E-state index contributed by atoms with van der Waals surface area (Å²) in [6, 6.07) is 15.8. The molecule has 1 amide bonds. The Morgan fingerprint density at radius 3 is 2.24 bits per heavy atom. The van der Waals surface area contributed by atoms with Crippen molar-refractivity contribution in [3.8, 4) is 0 Å². The molecule has 0 aliphatic rings. The van der Waals surface area contributed by atoms with E-state index in [4.69, 9.17) is 0 Å². The number of aliphatic hydroxyl groups excluding tert-OH is 1. The molecule has 1 atom stereocenters. The van der Waals surface area contributed by atoms with E-state index in [0.717, 1.165) is 12.8 Å². The molecule has 25 heavy (non-hydrogen) atoms. The predicted molar refractivity (Wildman–Crippen MR) is 98.7 cm³/mol. The molecule has 2 aromatic rings. The third-order valence-corrected chi connectivity index (χ3v) is 3.88. The highest BCUT2D eigenvalue weighted by Crippen LogP contribution is 2.13. The minimum absolute atomic E-state index is 0.0113. The monoisotopic (exact) mass is 340 g/mol. The molecule has 2 aromatic carbocycles. The van der Waals surface area contributed by atoms with Crippen LogP contribution in [0.3, 0.4) is 0 Å². The van der Waals surface area contributed by atoms with E-state index in [0.29, 0.717) is 16.8 Å². The summed E-state index contributed by atoms with van der Waals surface area (Å²) in [5.41, 5.74) is 1.84. The van der Waals surface area contributed by atoms with Gasteiger partial charge in [0.2, 0.25) is 5.91 Å². The zero-order valence-electron chi connectivity index (χ0n) is 14.4. The number of rotatable bonds is 9. The number of hydrogen-bond donors (Lipinski definition) is 3. The maximum absolute atomic E-state index is 12.3. The van der Waals surface area contributed by atoms with Gasteiger partial charge in [0, 0.05) is 22.9 Å². The molecule has 0 unspecified atom stereocenters. The fourth-order valence-corrected chi connectivity index (χ4v) is 2.51. The van der Waals surface area contributed by atoms with Gasteiger partial charge in [-0.25, -0.2) is 0 Å². The van der Waals surface area contributed by atoms with Gasteiger partial charge in [0.1, 0.15) is 0 Å². The highest BCUT2D eigenvalue weighted by molar-refractivity contribution is 6.09. The van der Waals surface area contributed by atoms with E-state index in [-0.39, 0.29) is 30.9 Å². The molecule has 0 aliphatic carbocycles. The zero-order chi connectivity index (χ0) is 18.1. The van der Waals surface area contributed by atoms with Gasteiger partial charge in [0.15, 0.2) is 5.78 Å². The Kier molecular flexibility index (Phi) is 7.32. The number of benzene rings is 2. The standard InChI is InChI=1S/C20H24N2O3/c1-2-6-18(14-23)21-13-19(24)22-17-11-9-16(10-12-17)20(25)15-7-4-3-5-8-15/h3-5,7-12,18,21,23H,2,6,13-14H2,1H3,(H,22,24)/t18-/m1/s1. The molecular weight excluding hydrogens is 316 g/mol. The first-order valence-electron chi connectivity index (χ1n) is 8.48. The minimum atomic E-state index is -0.184. The van der Waals surface area contributed by atoms with Crippen LogP contribution in [-0.2, 0) is 4.79 Å². The van der Waals surface area contributed by atoms with Crippen molar-refractivity contribution in [3.05, 3.63) is 65.7 Å². The fourth-order valence-electron chi connectivity index (χ4n) is 2.51. The van der Waals surface area contributed by atoms with Crippen molar-refractivity contribution in [3.63, 3.8) is 0 Å². The summed E-state index contributed by atoms with van der Waals surface area (Å²) in [5, 5.41) is 15.0. The molecule has 0 saturated carbocycles. The summed E-state index contributed by atoms with van der Waals surface area (Å²) in [5.74, 6) is -0.234. The van der Waals surface area contributed by atoms with Gasteiger partial charge in [-0.05, 0) is 30.7 Å². The third-order valence-electron chi connectivity index (χ3n) is 3.88. The molecule has 0 heterocycles. The van der Waals surface area contributed by atoms with Gasteiger partial charge < -0.3 is 15.7 Å². The van der Waals surface area contributed by atoms with Gasteiger partial charge >= 0.3 is 0 Å². The molecular formula is C20H24N2O3.